The Balaban J connectivity index is 2.13. The van der Waals surface area contributed by atoms with Crippen LogP contribution in [0.4, 0.5) is 0 Å². The standard InChI is InChI=1S/C12H25NOS/c1-12(2)6-9-15-10-11(12)13-7-4-3-5-8-14/h11,13-14H,3-10H2,1-2H3. The van der Waals surface area contributed by atoms with E-state index in [0.29, 0.717) is 18.1 Å². The summed E-state index contributed by atoms with van der Waals surface area (Å²) in [5, 5.41) is 12.3. The second-order valence-electron chi connectivity index (χ2n) is 5.10. The van der Waals surface area contributed by atoms with Gasteiger partial charge < -0.3 is 10.4 Å². The van der Waals surface area contributed by atoms with Crippen LogP contribution in [-0.4, -0.2) is 35.8 Å². The van der Waals surface area contributed by atoms with E-state index in [1.165, 1.54) is 24.3 Å². The first-order chi connectivity index (χ1) is 7.17. The molecule has 2 N–H and O–H groups in total. The molecule has 1 saturated heterocycles. The Morgan fingerprint density at radius 3 is 2.80 bits per heavy atom. The molecule has 0 saturated carbocycles. The molecular formula is C12H25NOS. The van der Waals surface area contributed by atoms with Crippen molar-refractivity contribution in [3.63, 3.8) is 0 Å². The van der Waals surface area contributed by atoms with Gasteiger partial charge in [-0.15, -0.1) is 0 Å². The molecule has 1 heterocycles. The summed E-state index contributed by atoms with van der Waals surface area (Å²) in [6.45, 7) is 6.19. The molecule has 1 aliphatic rings. The third kappa shape index (κ3) is 4.75. The summed E-state index contributed by atoms with van der Waals surface area (Å²) in [5.74, 6) is 2.57. The zero-order chi connectivity index (χ0) is 11.1. The molecule has 0 bridgehead atoms. The Labute approximate surface area is 98.2 Å². The molecule has 0 spiro atoms. The van der Waals surface area contributed by atoms with E-state index in [1.54, 1.807) is 0 Å². The van der Waals surface area contributed by atoms with Crippen LogP contribution in [0.1, 0.15) is 39.5 Å². The van der Waals surface area contributed by atoms with E-state index >= 15 is 0 Å². The van der Waals surface area contributed by atoms with Gasteiger partial charge in [-0.3, -0.25) is 0 Å². The zero-order valence-corrected chi connectivity index (χ0v) is 10.9. The quantitative estimate of drug-likeness (QED) is 0.688. The summed E-state index contributed by atoms with van der Waals surface area (Å²) in [6, 6.07) is 0.672. The van der Waals surface area contributed by atoms with E-state index in [4.69, 9.17) is 5.11 Å². The molecule has 0 aromatic heterocycles. The summed E-state index contributed by atoms with van der Waals surface area (Å²) in [7, 11) is 0. The Kier molecular flexibility index (Phi) is 6.02. The summed E-state index contributed by atoms with van der Waals surface area (Å²) >= 11 is 2.07. The van der Waals surface area contributed by atoms with Crippen molar-refractivity contribution in [3.05, 3.63) is 0 Å². The van der Waals surface area contributed by atoms with Crippen molar-refractivity contribution in [2.75, 3.05) is 24.7 Å². The van der Waals surface area contributed by atoms with Crippen LogP contribution in [0.3, 0.4) is 0 Å². The van der Waals surface area contributed by atoms with Gasteiger partial charge in [0.2, 0.25) is 0 Å². The highest BCUT2D eigenvalue weighted by Gasteiger charge is 2.31. The van der Waals surface area contributed by atoms with Crippen molar-refractivity contribution < 1.29 is 5.11 Å². The van der Waals surface area contributed by atoms with Crippen molar-refractivity contribution >= 4 is 11.8 Å². The monoisotopic (exact) mass is 231 g/mol. The summed E-state index contributed by atoms with van der Waals surface area (Å²) in [5.41, 5.74) is 0.461. The second kappa shape index (κ2) is 6.77. The van der Waals surface area contributed by atoms with Gasteiger partial charge in [0.25, 0.3) is 0 Å². The number of hydrogen-bond acceptors (Lipinski definition) is 3. The molecule has 0 amide bonds. The van der Waals surface area contributed by atoms with E-state index in [2.05, 4.69) is 30.9 Å². The summed E-state index contributed by atoms with van der Waals surface area (Å²) in [6.07, 6.45) is 4.61. The topological polar surface area (TPSA) is 32.3 Å². The lowest BCUT2D eigenvalue weighted by Crippen LogP contribution is -2.46. The van der Waals surface area contributed by atoms with Crippen molar-refractivity contribution in [3.8, 4) is 0 Å². The van der Waals surface area contributed by atoms with Crippen LogP contribution >= 0.6 is 11.8 Å². The predicted molar refractivity (Wildman–Crippen MR) is 68.5 cm³/mol. The number of rotatable bonds is 6. The van der Waals surface area contributed by atoms with E-state index < -0.39 is 0 Å². The third-order valence-electron chi connectivity index (χ3n) is 3.34. The third-order valence-corrected chi connectivity index (χ3v) is 4.41. The predicted octanol–water partition coefficient (Wildman–Crippen LogP) is 2.27. The molecule has 0 radical (unpaired) electrons. The molecule has 0 aromatic rings. The Hall–Kier alpha value is 0.270. The lowest BCUT2D eigenvalue weighted by atomic mass is 9.82. The van der Waals surface area contributed by atoms with Crippen molar-refractivity contribution in [1.82, 2.24) is 5.32 Å². The van der Waals surface area contributed by atoms with Gasteiger partial charge in [-0.2, -0.15) is 11.8 Å². The molecule has 1 fully saturated rings. The average molecular weight is 231 g/mol. The van der Waals surface area contributed by atoms with E-state index in [9.17, 15) is 0 Å². The van der Waals surface area contributed by atoms with Gasteiger partial charge in [0.05, 0.1) is 0 Å². The van der Waals surface area contributed by atoms with Crippen LogP contribution in [0.5, 0.6) is 0 Å². The Bertz CT molecular complexity index is 173. The molecule has 15 heavy (non-hydrogen) atoms. The SMILES string of the molecule is CC1(C)CCSCC1NCCCCCO. The van der Waals surface area contributed by atoms with Crippen LogP contribution in [0.15, 0.2) is 0 Å². The smallest absolute Gasteiger partial charge is 0.0431 e. The molecule has 1 aliphatic heterocycles. The molecule has 0 aliphatic carbocycles. The summed E-state index contributed by atoms with van der Waals surface area (Å²) in [4.78, 5) is 0. The van der Waals surface area contributed by atoms with E-state index in [0.717, 1.165) is 19.4 Å². The van der Waals surface area contributed by atoms with Crippen LogP contribution < -0.4 is 5.32 Å². The molecule has 1 rings (SSSR count). The second-order valence-corrected chi connectivity index (χ2v) is 6.25. The molecular weight excluding hydrogens is 206 g/mol. The fourth-order valence-electron chi connectivity index (χ4n) is 1.96. The number of aliphatic hydroxyl groups is 1. The highest BCUT2D eigenvalue weighted by atomic mass is 32.2. The number of nitrogens with one attached hydrogen (secondary N) is 1. The molecule has 90 valence electrons. The van der Waals surface area contributed by atoms with Gasteiger partial charge in [0, 0.05) is 18.4 Å². The van der Waals surface area contributed by atoms with Gasteiger partial charge in [-0.05, 0) is 43.4 Å². The molecule has 0 aromatic carbocycles. The Morgan fingerprint density at radius 2 is 2.13 bits per heavy atom. The minimum atomic E-state index is 0.338. The van der Waals surface area contributed by atoms with Gasteiger partial charge in [0.15, 0.2) is 0 Å². The fraction of sp³-hybridized carbons (Fsp3) is 1.00. The van der Waals surface area contributed by atoms with Crippen molar-refractivity contribution in [2.24, 2.45) is 5.41 Å². The summed E-state index contributed by atoms with van der Waals surface area (Å²) < 4.78 is 0. The van der Waals surface area contributed by atoms with Crippen molar-refractivity contribution in [2.45, 2.75) is 45.6 Å². The van der Waals surface area contributed by atoms with Crippen molar-refractivity contribution in [1.29, 1.82) is 0 Å². The van der Waals surface area contributed by atoms with Gasteiger partial charge >= 0.3 is 0 Å². The minimum absolute atomic E-state index is 0.338. The molecule has 2 nitrogen and oxygen atoms in total. The maximum Gasteiger partial charge on any atom is 0.0431 e. The normalized spacial score (nSPS) is 25.4. The number of hydrogen-bond donors (Lipinski definition) is 2. The van der Waals surface area contributed by atoms with Gasteiger partial charge in [0.1, 0.15) is 0 Å². The number of aliphatic hydroxyl groups excluding tert-OH is 1. The maximum absolute atomic E-state index is 8.67. The van der Waals surface area contributed by atoms with Gasteiger partial charge in [-0.25, -0.2) is 0 Å². The van der Waals surface area contributed by atoms with Crippen LogP contribution in [0, 0.1) is 5.41 Å². The van der Waals surface area contributed by atoms with Gasteiger partial charge in [-0.1, -0.05) is 13.8 Å². The lowest BCUT2D eigenvalue weighted by molar-refractivity contribution is 0.243. The van der Waals surface area contributed by atoms with E-state index in [-0.39, 0.29) is 0 Å². The molecule has 1 unspecified atom stereocenters. The molecule has 1 atom stereocenters. The minimum Gasteiger partial charge on any atom is -0.396 e. The average Bonchev–Trinajstić information content (AvgIpc) is 2.19. The van der Waals surface area contributed by atoms with Crippen LogP contribution in [0.2, 0.25) is 0 Å². The maximum atomic E-state index is 8.67. The highest BCUT2D eigenvalue weighted by molar-refractivity contribution is 7.99. The first-order valence-electron chi connectivity index (χ1n) is 6.09. The lowest BCUT2D eigenvalue weighted by Gasteiger charge is -2.39. The van der Waals surface area contributed by atoms with Crippen LogP contribution in [-0.2, 0) is 0 Å². The van der Waals surface area contributed by atoms with Crippen LogP contribution in [0.25, 0.3) is 0 Å². The zero-order valence-electron chi connectivity index (χ0n) is 10.1. The highest BCUT2D eigenvalue weighted by Crippen LogP contribution is 2.33. The first kappa shape index (κ1) is 13.3. The largest absolute Gasteiger partial charge is 0.396 e. The fourth-order valence-corrected chi connectivity index (χ4v) is 3.60. The van der Waals surface area contributed by atoms with E-state index in [1.807, 2.05) is 0 Å². The number of unbranched alkanes of at least 4 members (excludes halogenated alkanes) is 2. The first-order valence-corrected chi connectivity index (χ1v) is 7.24. The molecule has 3 heteroatoms. The number of thioether (sulfide) groups is 1. The Morgan fingerprint density at radius 1 is 1.33 bits per heavy atom.